The zero-order valence-corrected chi connectivity index (χ0v) is 8.67. The van der Waals surface area contributed by atoms with Gasteiger partial charge in [0.15, 0.2) is 0 Å². The molecule has 0 fully saturated rings. The molecule has 0 unspecified atom stereocenters. The second-order valence-electron chi connectivity index (χ2n) is 3.07. The van der Waals surface area contributed by atoms with Crippen LogP contribution < -0.4 is 0 Å². The Bertz CT molecular complexity index is 329. The summed E-state index contributed by atoms with van der Waals surface area (Å²) in [6.45, 7) is 11.2. The van der Waals surface area contributed by atoms with Gasteiger partial charge in [-0.25, -0.2) is 0 Å². The minimum atomic E-state index is 1.00. The van der Waals surface area contributed by atoms with Gasteiger partial charge in [0.25, 0.3) is 0 Å². The summed E-state index contributed by atoms with van der Waals surface area (Å²) < 4.78 is 2.27. The summed E-state index contributed by atoms with van der Waals surface area (Å²) >= 11 is 0. The molecule has 0 aromatic carbocycles. The summed E-state index contributed by atoms with van der Waals surface area (Å²) in [5.41, 5.74) is 3.78. The first-order valence-corrected chi connectivity index (χ1v) is 4.69. The van der Waals surface area contributed by atoms with E-state index in [1.54, 1.807) is 0 Å². The predicted octanol–water partition coefficient (Wildman–Crippen LogP) is 3.49. The van der Waals surface area contributed by atoms with Crippen molar-refractivity contribution in [3.63, 3.8) is 0 Å². The molecule has 0 radical (unpaired) electrons. The second-order valence-corrected chi connectivity index (χ2v) is 3.07. The Morgan fingerprint density at radius 1 is 1.54 bits per heavy atom. The molecule has 1 heteroatoms. The van der Waals surface area contributed by atoms with Gasteiger partial charge in [-0.05, 0) is 38.5 Å². The topological polar surface area (TPSA) is 4.93 Å². The number of aromatic nitrogens is 1. The number of rotatable bonds is 3. The Labute approximate surface area is 80.4 Å². The summed E-state index contributed by atoms with van der Waals surface area (Å²) in [5.74, 6) is 0. The smallest absolute Gasteiger partial charge is 0.0476 e. The predicted molar refractivity (Wildman–Crippen MR) is 59.6 cm³/mol. The first-order chi connectivity index (χ1) is 6.24. The monoisotopic (exact) mass is 175 g/mol. The van der Waals surface area contributed by atoms with E-state index in [2.05, 4.69) is 43.2 Å². The third kappa shape index (κ3) is 1.74. The average molecular weight is 175 g/mol. The van der Waals surface area contributed by atoms with Crippen LogP contribution in [0.4, 0.5) is 0 Å². The van der Waals surface area contributed by atoms with Crippen LogP contribution in [0.25, 0.3) is 12.2 Å². The largest absolute Gasteiger partial charge is 0.345 e. The fraction of sp³-hybridized carbons (Fsp3) is 0.333. The lowest BCUT2D eigenvalue weighted by molar-refractivity contribution is 0.735. The molecule has 0 bridgehead atoms. The van der Waals surface area contributed by atoms with Gasteiger partial charge in [-0.2, -0.15) is 0 Å². The minimum Gasteiger partial charge on any atom is -0.345 e. The van der Waals surface area contributed by atoms with Crippen LogP contribution in [0.2, 0.25) is 0 Å². The molecule has 0 saturated heterocycles. The van der Waals surface area contributed by atoms with Crippen molar-refractivity contribution in [2.24, 2.45) is 0 Å². The van der Waals surface area contributed by atoms with Crippen molar-refractivity contribution in [2.45, 2.75) is 27.3 Å². The highest BCUT2D eigenvalue weighted by Gasteiger charge is 2.05. The zero-order chi connectivity index (χ0) is 9.84. The van der Waals surface area contributed by atoms with Crippen LogP contribution in [0.15, 0.2) is 18.7 Å². The highest BCUT2D eigenvalue weighted by molar-refractivity contribution is 5.63. The third-order valence-corrected chi connectivity index (χ3v) is 2.23. The molecule has 0 saturated carbocycles. The number of hydrogen-bond acceptors (Lipinski definition) is 0. The van der Waals surface area contributed by atoms with Crippen molar-refractivity contribution in [2.75, 3.05) is 0 Å². The maximum absolute atomic E-state index is 3.84. The SMILES string of the molecule is C=Cc1c(/C=C\C)cc(C)n1CC. The summed E-state index contributed by atoms with van der Waals surface area (Å²) in [7, 11) is 0. The Balaban J connectivity index is 3.29. The molecule has 0 amide bonds. The average Bonchev–Trinajstić information content (AvgIpc) is 2.41. The fourth-order valence-electron chi connectivity index (χ4n) is 1.68. The summed E-state index contributed by atoms with van der Waals surface area (Å²) in [4.78, 5) is 0. The van der Waals surface area contributed by atoms with E-state index in [-0.39, 0.29) is 0 Å². The number of nitrogens with zero attached hydrogens (tertiary/aromatic N) is 1. The van der Waals surface area contributed by atoms with Crippen molar-refractivity contribution >= 4 is 12.2 Å². The Morgan fingerprint density at radius 3 is 2.69 bits per heavy atom. The normalized spacial score (nSPS) is 11.0. The van der Waals surface area contributed by atoms with Crippen LogP contribution in [0.5, 0.6) is 0 Å². The zero-order valence-electron chi connectivity index (χ0n) is 8.67. The number of allylic oxidation sites excluding steroid dienone is 1. The number of aryl methyl sites for hydroxylation is 1. The van der Waals surface area contributed by atoms with Gasteiger partial charge in [-0.1, -0.05) is 18.7 Å². The van der Waals surface area contributed by atoms with Gasteiger partial charge in [0, 0.05) is 17.9 Å². The van der Waals surface area contributed by atoms with Crippen LogP contribution in [-0.2, 0) is 6.54 Å². The molecule has 1 aromatic rings. The fourth-order valence-corrected chi connectivity index (χ4v) is 1.68. The van der Waals surface area contributed by atoms with Crippen LogP contribution in [-0.4, -0.2) is 4.57 Å². The van der Waals surface area contributed by atoms with Crippen LogP contribution in [0.1, 0.15) is 30.8 Å². The van der Waals surface area contributed by atoms with E-state index in [4.69, 9.17) is 0 Å². The van der Waals surface area contributed by atoms with Crippen molar-refractivity contribution < 1.29 is 0 Å². The van der Waals surface area contributed by atoms with Crippen molar-refractivity contribution in [1.29, 1.82) is 0 Å². The first-order valence-electron chi connectivity index (χ1n) is 4.69. The van der Waals surface area contributed by atoms with Crippen molar-refractivity contribution in [1.82, 2.24) is 4.57 Å². The molecule has 0 atom stereocenters. The second kappa shape index (κ2) is 4.13. The van der Waals surface area contributed by atoms with Gasteiger partial charge in [0.05, 0.1) is 0 Å². The lowest BCUT2D eigenvalue weighted by atomic mass is 10.2. The lowest BCUT2D eigenvalue weighted by Gasteiger charge is -2.04. The van der Waals surface area contributed by atoms with E-state index in [1.165, 1.54) is 17.0 Å². The van der Waals surface area contributed by atoms with Crippen LogP contribution >= 0.6 is 0 Å². The molecule has 0 aliphatic rings. The molecule has 0 N–H and O–H groups in total. The third-order valence-electron chi connectivity index (χ3n) is 2.23. The van der Waals surface area contributed by atoms with Crippen LogP contribution in [0, 0.1) is 6.92 Å². The summed E-state index contributed by atoms with van der Waals surface area (Å²) in [5, 5.41) is 0. The standard InChI is InChI=1S/C12H17N/c1-5-8-11-9-10(4)13(7-3)12(11)6-2/h5-6,8-9H,2,7H2,1,3-4H3/b8-5-. The quantitative estimate of drug-likeness (QED) is 0.662. The maximum atomic E-state index is 3.84. The van der Waals surface area contributed by atoms with Gasteiger partial charge < -0.3 is 4.57 Å². The Kier molecular flexibility index (Phi) is 3.13. The molecule has 1 nitrogen and oxygen atoms in total. The first kappa shape index (κ1) is 9.85. The van der Waals surface area contributed by atoms with Gasteiger partial charge in [0.2, 0.25) is 0 Å². The number of hydrogen-bond donors (Lipinski definition) is 0. The van der Waals surface area contributed by atoms with E-state index in [9.17, 15) is 0 Å². The van der Waals surface area contributed by atoms with Crippen LogP contribution in [0.3, 0.4) is 0 Å². The van der Waals surface area contributed by atoms with E-state index in [1.807, 2.05) is 13.0 Å². The Morgan fingerprint density at radius 2 is 2.23 bits per heavy atom. The van der Waals surface area contributed by atoms with E-state index < -0.39 is 0 Å². The molecule has 70 valence electrons. The molecule has 0 aliphatic heterocycles. The van der Waals surface area contributed by atoms with Gasteiger partial charge in [-0.3, -0.25) is 0 Å². The van der Waals surface area contributed by atoms with Crippen molar-refractivity contribution in [3.8, 4) is 0 Å². The van der Waals surface area contributed by atoms with E-state index in [0.29, 0.717) is 0 Å². The molecule has 1 aromatic heterocycles. The molecule has 1 heterocycles. The van der Waals surface area contributed by atoms with Crippen molar-refractivity contribution in [3.05, 3.63) is 35.7 Å². The van der Waals surface area contributed by atoms with Gasteiger partial charge in [0.1, 0.15) is 0 Å². The van der Waals surface area contributed by atoms with E-state index in [0.717, 1.165) is 6.54 Å². The molecule has 1 rings (SSSR count). The van der Waals surface area contributed by atoms with Gasteiger partial charge in [-0.15, -0.1) is 0 Å². The molecule has 13 heavy (non-hydrogen) atoms. The maximum Gasteiger partial charge on any atom is 0.0476 e. The molecule has 0 spiro atoms. The summed E-state index contributed by atoms with van der Waals surface area (Å²) in [6, 6.07) is 2.19. The highest BCUT2D eigenvalue weighted by atomic mass is 15.0. The molecular formula is C12H17N. The summed E-state index contributed by atoms with van der Waals surface area (Å²) in [6.07, 6.45) is 6.10. The molecule has 0 aliphatic carbocycles. The Hall–Kier alpha value is -1.24. The lowest BCUT2D eigenvalue weighted by Crippen LogP contribution is -1.98. The molecular weight excluding hydrogens is 158 g/mol. The minimum absolute atomic E-state index is 1.00. The van der Waals surface area contributed by atoms with E-state index >= 15 is 0 Å². The van der Waals surface area contributed by atoms with Gasteiger partial charge >= 0.3 is 0 Å². The highest BCUT2D eigenvalue weighted by Crippen LogP contribution is 2.18.